The SMILES string of the molecule is O=C(O)c1cc(CNC(=O)c2cc(NC(=O)c3cc(F)c(F)cc3Cl)n[nH]2)on1. The van der Waals surface area contributed by atoms with E-state index in [1.54, 1.807) is 0 Å². The number of hydrogen-bond donors (Lipinski definition) is 4. The van der Waals surface area contributed by atoms with E-state index in [4.69, 9.17) is 21.2 Å². The highest BCUT2D eigenvalue weighted by molar-refractivity contribution is 6.34. The van der Waals surface area contributed by atoms with Gasteiger partial charge in [-0.25, -0.2) is 13.6 Å². The summed E-state index contributed by atoms with van der Waals surface area (Å²) in [6.45, 7) is -0.149. The van der Waals surface area contributed by atoms with Gasteiger partial charge in [0.1, 0.15) is 5.69 Å². The van der Waals surface area contributed by atoms with Crippen molar-refractivity contribution in [3.63, 3.8) is 0 Å². The van der Waals surface area contributed by atoms with Crippen LogP contribution >= 0.6 is 11.6 Å². The van der Waals surface area contributed by atoms with Gasteiger partial charge in [0.05, 0.1) is 17.1 Å². The summed E-state index contributed by atoms with van der Waals surface area (Å²) in [6, 6.07) is 3.63. The minimum absolute atomic E-state index is 0.0466. The summed E-state index contributed by atoms with van der Waals surface area (Å²) < 4.78 is 31.1. The highest BCUT2D eigenvalue weighted by atomic mass is 35.5. The Kier molecular flexibility index (Phi) is 5.54. The van der Waals surface area contributed by atoms with E-state index in [1.807, 2.05) is 0 Å². The van der Waals surface area contributed by atoms with Crippen LogP contribution in [-0.4, -0.2) is 38.2 Å². The van der Waals surface area contributed by atoms with Crippen molar-refractivity contribution in [2.75, 3.05) is 5.32 Å². The molecular weight excluding hydrogens is 416 g/mol. The predicted octanol–water partition coefficient (Wildman–Crippen LogP) is 2.21. The number of halogens is 3. The second kappa shape index (κ2) is 8.06. The average molecular weight is 426 g/mol. The summed E-state index contributed by atoms with van der Waals surface area (Å²) in [4.78, 5) is 34.9. The maximum Gasteiger partial charge on any atom is 0.358 e. The molecule has 2 heterocycles. The monoisotopic (exact) mass is 425 g/mol. The van der Waals surface area contributed by atoms with Gasteiger partial charge in [-0.2, -0.15) is 5.10 Å². The second-order valence-corrected chi connectivity index (χ2v) is 5.94. The number of H-pyrrole nitrogens is 1. The Hall–Kier alpha value is -3.80. The normalized spacial score (nSPS) is 10.6. The van der Waals surface area contributed by atoms with Gasteiger partial charge in [-0.3, -0.25) is 14.7 Å². The molecule has 4 N–H and O–H groups in total. The Morgan fingerprint density at radius 2 is 1.86 bits per heavy atom. The molecule has 0 fully saturated rings. The Bertz CT molecular complexity index is 1110. The Balaban J connectivity index is 1.62. The van der Waals surface area contributed by atoms with Gasteiger partial charge in [0.25, 0.3) is 11.8 Å². The number of anilines is 1. The van der Waals surface area contributed by atoms with E-state index in [9.17, 15) is 23.2 Å². The number of hydrogen-bond acceptors (Lipinski definition) is 6. The minimum Gasteiger partial charge on any atom is -0.476 e. The first kappa shape index (κ1) is 19.9. The summed E-state index contributed by atoms with van der Waals surface area (Å²) in [7, 11) is 0. The molecule has 10 nitrogen and oxygen atoms in total. The molecule has 150 valence electrons. The zero-order valence-corrected chi connectivity index (χ0v) is 14.9. The third-order valence-corrected chi connectivity index (χ3v) is 3.83. The molecule has 0 aliphatic heterocycles. The van der Waals surface area contributed by atoms with Gasteiger partial charge in [-0.1, -0.05) is 16.8 Å². The Labute approximate surface area is 164 Å². The van der Waals surface area contributed by atoms with Crippen LogP contribution < -0.4 is 10.6 Å². The van der Waals surface area contributed by atoms with Crippen LogP contribution in [0, 0.1) is 11.6 Å². The lowest BCUT2D eigenvalue weighted by Gasteiger charge is -2.05. The van der Waals surface area contributed by atoms with Crippen LogP contribution in [0.4, 0.5) is 14.6 Å². The number of nitrogens with one attached hydrogen (secondary N) is 3. The fourth-order valence-corrected chi connectivity index (χ4v) is 2.38. The molecule has 0 aliphatic rings. The highest BCUT2D eigenvalue weighted by Gasteiger charge is 2.18. The molecule has 3 rings (SSSR count). The molecule has 3 aromatic rings. The Morgan fingerprint density at radius 1 is 1.14 bits per heavy atom. The first-order chi connectivity index (χ1) is 13.7. The third kappa shape index (κ3) is 4.55. The standard InChI is InChI=1S/C16H10ClF2N5O5/c17-8-3-10(19)9(18)2-7(8)14(25)21-13-4-11(22-23-13)15(26)20-5-6-1-12(16(27)28)24-29-6/h1-4H,5H2,(H,20,26)(H,27,28)(H2,21,22,23,25). The number of carbonyl (C=O) groups is 3. The molecule has 0 unspecified atom stereocenters. The van der Waals surface area contributed by atoms with Crippen molar-refractivity contribution >= 4 is 35.2 Å². The lowest BCUT2D eigenvalue weighted by atomic mass is 10.2. The van der Waals surface area contributed by atoms with Crippen LogP contribution in [0.5, 0.6) is 0 Å². The number of aromatic nitrogens is 3. The van der Waals surface area contributed by atoms with Gasteiger partial charge in [0.15, 0.2) is 28.9 Å². The van der Waals surface area contributed by atoms with Gasteiger partial charge in [-0.15, -0.1) is 0 Å². The lowest BCUT2D eigenvalue weighted by Crippen LogP contribution is -2.22. The van der Waals surface area contributed by atoms with Gasteiger partial charge in [0, 0.05) is 12.1 Å². The summed E-state index contributed by atoms with van der Waals surface area (Å²) in [5.41, 5.74) is -0.676. The maximum atomic E-state index is 13.3. The van der Waals surface area contributed by atoms with Gasteiger partial charge >= 0.3 is 5.97 Å². The summed E-state index contributed by atoms with van der Waals surface area (Å²) in [5, 5.41) is 22.5. The van der Waals surface area contributed by atoms with Crippen LogP contribution in [0.25, 0.3) is 0 Å². The van der Waals surface area contributed by atoms with Crippen LogP contribution in [0.3, 0.4) is 0 Å². The zero-order valence-electron chi connectivity index (χ0n) is 14.1. The van der Waals surface area contributed by atoms with Gasteiger partial charge in [-0.05, 0) is 12.1 Å². The molecule has 0 saturated heterocycles. The van der Waals surface area contributed by atoms with Crippen molar-refractivity contribution in [2.24, 2.45) is 0 Å². The summed E-state index contributed by atoms with van der Waals surface area (Å²) in [5.74, 6) is -5.20. The average Bonchev–Trinajstić information content (AvgIpc) is 3.32. The third-order valence-electron chi connectivity index (χ3n) is 3.52. The van der Waals surface area contributed by atoms with Crippen molar-refractivity contribution < 1.29 is 32.8 Å². The number of aromatic amines is 1. The summed E-state index contributed by atoms with van der Waals surface area (Å²) in [6.07, 6.45) is 0. The molecule has 13 heteroatoms. The molecule has 0 aliphatic carbocycles. The number of rotatable bonds is 6. The predicted molar refractivity (Wildman–Crippen MR) is 92.5 cm³/mol. The highest BCUT2D eigenvalue weighted by Crippen LogP contribution is 2.21. The number of nitrogens with zero attached hydrogens (tertiary/aromatic N) is 2. The van der Waals surface area contributed by atoms with Crippen molar-refractivity contribution in [3.8, 4) is 0 Å². The van der Waals surface area contributed by atoms with Crippen LogP contribution in [0.15, 0.2) is 28.8 Å². The largest absolute Gasteiger partial charge is 0.476 e. The quantitative estimate of drug-likeness (QED) is 0.442. The molecule has 0 spiro atoms. The van der Waals surface area contributed by atoms with Gasteiger partial charge < -0.3 is 20.3 Å². The fourth-order valence-electron chi connectivity index (χ4n) is 2.14. The molecule has 0 saturated carbocycles. The molecule has 0 radical (unpaired) electrons. The first-order valence-corrected chi connectivity index (χ1v) is 8.10. The van der Waals surface area contributed by atoms with Crippen LogP contribution in [0.1, 0.15) is 37.1 Å². The second-order valence-electron chi connectivity index (χ2n) is 5.53. The van der Waals surface area contributed by atoms with Crippen LogP contribution in [-0.2, 0) is 6.54 Å². The van der Waals surface area contributed by atoms with Crippen molar-refractivity contribution in [2.45, 2.75) is 6.54 Å². The molecule has 29 heavy (non-hydrogen) atoms. The Morgan fingerprint density at radius 3 is 2.55 bits per heavy atom. The summed E-state index contributed by atoms with van der Waals surface area (Å²) >= 11 is 5.73. The topological polar surface area (TPSA) is 150 Å². The molecule has 1 aromatic carbocycles. The van der Waals surface area contributed by atoms with E-state index >= 15 is 0 Å². The fraction of sp³-hybridized carbons (Fsp3) is 0.0625. The molecule has 0 atom stereocenters. The zero-order chi connectivity index (χ0) is 21.1. The van der Waals surface area contributed by atoms with Crippen molar-refractivity contribution in [3.05, 3.63) is 63.6 Å². The molecular formula is C16H10ClF2N5O5. The molecule has 2 aromatic heterocycles. The van der Waals surface area contributed by atoms with E-state index in [2.05, 4.69) is 26.0 Å². The smallest absolute Gasteiger partial charge is 0.358 e. The van der Waals surface area contributed by atoms with E-state index in [0.29, 0.717) is 12.1 Å². The minimum atomic E-state index is -1.28. The van der Waals surface area contributed by atoms with Crippen LogP contribution in [0.2, 0.25) is 5.02 Å². The number of amides is 2. The number of carboxylic acid groups (broad SMARTS) is 1. The van der Waals surface area contributed by atoms with E-state index in [-0.39, 0.29) is 40.1 Å². The van der Waals surface area contributed by atoms with E-state index in [1.165, 1.54) is 6.07 Å². The molecule has 0 bridgehead atoms. The van der Waals surface area contributed by atoms with Gasteiger partial charge in [0.2, 0.25) is 0 Å². The van der Waals surface area contributed by atoms with E-state index in [0.717, 1.165) is 6.07 Å². The van der Waals surface area contributed by atoms with Crippen molar-refractivity contribution in [1.82, 2.24) is 20.7 Å². The van der Waals surface area contributed by atoms with Crippen molar-refractivity contribution in [1.29, 1.82) is 0 Å². The first-order valence-electron chi connectivity index (χ1n) is 7.73. The number of aromatic carboxylic acids is 1. The number of carboxylic acids is 1. The number of benzene rings is 1. The maximum absolute atomic E-state index is 13.3. The number of carbonyl (C=O) groups excluding carboxylic acids is 2. The molecule has 2 amide bonds. The lowest BCUT2D eigenvalue weighted by molar-refractivity contribution is 0.0685. The van der Waals surface area contributed by atoms with E-state index < -0.39 is 29.4 Å².